The van der Waals surface area contributed by atoms with E-state index < -0.39 is 0 Å². The average molecular weight is 348 g/mol. The second kappa shape index (κ2) is 6.22. The van der Waals surface area contributed by atoms with Crippen LogP contribution in [0.3, 0.4) is 0 Å². The Kier molecular flexibility index (Phi) is 4.34. The molecule has 0 amide bonds. The summed E-state index contributed by atoms with van der Waals surface area (Å²) in [6.45, 7) is 0. The summed E-state index contributed by atoms with van der Waals surface area (Å²) in [5.41, 5.74) is 9.66. The van der Waals surface area contributed by atoms with E-state index in [0.29, 0.717) is 0 Å². The van der Waals surface area contributed by atoms with E-state index in [4.69, 9.17) is 5.73 Å². The maximum Gasteiger partial charge on any atom is 0.129 e. The van der Waals surface area contributed by atoms with Crippen molar-refractivity contribution in [1.29, 1.82) is 0 Å². The Bertz CT molecular complexity index is 610. The molecular weight excluding hydrogens is 326 g/mol. The average Bonchev–Trinajstić information content (AvgIpc) is 3.08. The molecule has 4 heteroatoms. The van der Waals surface area contributed by atoms with Gasteiger partial charge in [0.15, 0.2) is 0 Å². The number of anilines is 1. The molecule has 3 rings (SSSR count). The summed E-state index contributed by atoms with van der Waals surface area (Å²) < 4.78 is 2.89. The third kappa shape index (κ3) is 3.15. The van der Waals surface area contributed by atoms with Crippen LogP contribution in [0.4, 0.5) is 5.82 Å². The summed E-state index contributed by atoms with van der Waals surface area (Å²) in [5.74, 6) is 1.64. The van der Waals surface area contributed by atoms with Crippen LogP contribution in [-0.2, 0) is 13.5 Å². The van der Waals surface area contributed by atoms with Crippen molar-refractivity contribution in [3.8, 4) is 11.1 Å². The van der Waals surface area contributed by atoms with E-state index in [1.54, 1.807) is 4.68 Å². The molecule has 112 valence electrons. The van der Waals surface area contributed by atoms with Crippen molar-refractivity contribution in [1.82, 2.24) is 9.78 Å². The number of benzene rings is 1. The number of nitrogens with two attached hydrogens (primary N) is 1. The fourth-order valence-electron chi connectivity index (χ4n) is 3.34. The third-order valence-electron chi connectivity index (χ3n) is 4.56. The monoisotopic (exact) mass is 347 g/mol. The zero-order valence-electron chi connectivity index (χ0n) is 12.5. The highest BCUT2D eigenvalue weighted by Crippen LogP contribution is 2.34. The van der Waals surface area contributed by atoms with Gasteiger partial charge in [-0.3, -0.25) is 4.68 Å². The molecular formula is C17H22BrN3. The maximum absolute atomic E-state index is 6.25. The first-order valence-electron chi connectivity index (χ1n) is 7.72. The summed E-state index contributed by atoms with van der Waals surface area (Å²) in [4.78, 5) is 0. The topological polar surface area (TPSA) is 43.8 Å². The van der Waals surface area contributed by atoms with E-state index in [9.17, 15) is 0 Å². The summed E-state index contributed by atoms with van der Waals surface area (Å²) in [7, 11) is 1.93. The molecule has 21 heavy (non-hydrogen) atoms. The van der Waals surface area contributed by atoms with Gasteiger partial charge in [0.2, 0.25) is 0 Å². The molecule has 0 spiro atoms. The first-order chi connectivity index (χ1) is 10.1. The third-order valence-corrected chi connectivity index (χ3v) is 5.09. The van der Waals surface area contributed by atoms with Gasteiger partial charge in [0.05, 0.1) is 5.69 Å². The number of hydrogen-bond acceptors (Lipinski definition) is 2. The van der Waals surface area contributed by atoms with Crippen molar-refractivity contribution in [3.05, 3.63) is 34.4 Å². The highest BCUT2D eigenvalue weighted by atomic mass is 79.9. The number of aromatic nitrogens is 2. The van der Waals surface area contributed by atoms with Crippen LogP contribution in [0.5, 0.6) is 0 Å². The van der Waals surface area contributed by atoms with Gasteiger partial charge in [-0.15, -0.1) is 0 Å². The number of halogens is 1. The lowest BCUT2D eigenvalue weighted by atomic mass is 9.97. The minimum atomic E-state index is 0.763. The lowest BCUT2D eigenvalue weighted by Crippen LogP contribution is -1.99. The van der Waals surface area contributed by atoms with E-state index in [2.05, 4.69) is 45.3 Å². The molecule has 1 saturated carbocycles. The molecule has 0 atom stereocenters. The summed E-state index contributed by atoms with van der Waals surface area (Å²) in [6, 6.07) is 8.33. The number of aryl methyl sites for hydroxylation is 2. The van der Waals surface area contributed by atoms with Crippen molar-refractivity contribution in [2.45, 2.75) is 38.5 Å². The molecule has 1 heterocycles. The number of nitrogen functional groups attached to an aromatic ring is 1. The van der Waals surface area contributed by atoms with Gasteiger partial charge in [0, 0.05) is 17.1 Å². The van der Waals surface area contributed by atoms with Gasteiger partial charge in [0.25, 0.3) is 0 Å². The van der Waals surface area contributed by atoms with Crippen LogP contribution in [-0.4, -0.2) is 9.78 Å². The molecule has 0 bridgehead atoms. The Morgan fingerprint density at radius 1 is 1.24 bits per heavy atom. The van der Waals surface area contributed by atoms with Gasteiger partial charge in [-0.05, 0) is 36.5 Å². The molecule has 1 fully saturated rings. The summed E-state index contributed by atoms with van der Waals surface area (Å²) in [6.07, 6.45) is 7.83. The molecule has 1 aliphatic rings. The smallest absolute Gasteiger partial charge is 0.129 e. The Balaban J connectivity index is 1.86. The molecule has 2 N–H and O–H groups in total. The van der Waals surface area contributed by atoms with E-state index >= 15 is 0 Å². The summed E-state index contributed by atoms with van der Waals surface area (Å²) >= 11 is 3.48. The Labute approximate surface area is 134 Å². The lowest BCUT2D eigenvalue weighted by Gasteiger charge is -2.08. The van der Waals surface area contributed by atoms with Gasteiger partial charge < -0.3 is 5.73 Å². The Morgan fingerprint density at radius 3 is 2.57 bits per heavy atom. The van der Waals surface area contributed by atoms with Crippen LogP contribution < -0.4 is 5.73 Å². The van der Waals surface area contributed by atoms with Crippen LogP contribution in [0.25, 0.3) is 11.1 Å². The fourth-order valence-corrected chi connectivity index (χ4v) is 3.60. The fraction of sp³-hybridized carbons (Fsp3) is 0.471. The molecule has 1 aromatic carbocycles. The van der Waals surface area contributed by atoms with Gasteiger partial charge in [-0.2, -0.15) is 5.10 Å². The van der Waals surface area contributed by atoms with Gasteiger partial charge in [0.1, 0.15) is 5.82 Å². The maximum atomic E-state index is 6.25. The standard InChI is InChI=1S/C17H22BrN3/c1-21-17(19)16(13-7-9-14(18)10-8-13)15(20-21)11-6-12-4-2-3-5-12/h7-10,12H,2-6,11,19H2,1H3. The number of rotatable bonds is 4. The van der Waals surface area contributed by atoms with E-state index in [-0.39, 0.29) is 0 Å². The van der Waals surface area contributed by atoms with Gasteiger partial charge in [-0.1, -0.05) is 53.7 Å². The lowest BCUT2D eigenvalue weighted by molar-refractivity contribution is 0.499. The zero-order valence-corrected chi connectivity index (χ0v) is 14.1. The first kappa shape index (κ1) is 14.6. The highest BCUT2D eigenvalue weighted by Gasteiger charge is 2.19. The Hall–Kier alpha value is -1.29. The summed E-state index contributed by atoms with van der Waals surface area (Å²) in [5, 5.41) is 4.65. The molecule has 1 aromatic heterocycles. The van der Waals surface area contributed by atoms with Crippen LogP contribution in [0.1, 0.15) is 37.8 Å². The highest BCUT2D eigenvalue weighted by molar-refractivity contribution is 9.10. The van der Waals surface area contributed by atoms with Crippen molar-refractivity contribution in [2.75, 3.05) is 5.73 Å². The van der Waals surface area contributed by atoms with E-state index in [1.807, 2.05) is 7.05 Å². The van der Waals surface area contributed by atoms with Crippen LogP contribution >= 0.6 is 15.9 Å². The minimum absolute atomic E-state index is 0.763. The van der Waals surface area contributed by atoms with Gasteiger partial charge in [-0.25, -0.2) is 0 Å². The van der Waals surface area contributed by atoms with E-state index in [0.717, 1.165) is 39.5 Å². The van der Waals surface area contributed by atoms with Crippen LogP contribution in [0.15, 0.2) is 28.7 Å². The molecule has 0 radical (unpaired) electrons. The van der Waals surface area contributed by atoms with Crippen LogP contribution in [0.2, 0.25) is 0 Å². The second-order valence-corrected chi connectivity index (χ2v) is 6.94. The second-order valence-electron chi connectivity index (χ2n) is 6.03. The SMILES string of the molecule is Cn1nc(CCC2CCCC2)c(-c2ccc(Br)cc2)c1N. The predicted octanol–water partition coefficient (Wildman–Crippen LogP) is 4.55. The number of nitrogens with zero attached hydrogens (tertiary/aromatic N) is 2. The molecule has 0 aliphatic heterocycles. The largest absolute Gasteiger partial charge is 0.383 e. The molecule has 3 nitrogen and oxygen atoms in total. The molecule has 0 unspecified atom stereocenters. The van der Waals surface area contributed by atoms with Crippen molar-refractivity contribution >= 4 is 21.7 Å². The van der Waals surface area contributed by atoms with Crippen molar-refractivity contribution < 1.29 is 0 Å². The zero-order chi connectivity index (χ0) is 14.8. The van der Waals surface area contributed by atoms with Crippen molar-refractivity contribution in [3.63, 3.8) is 0 Å². The minimum Gasteiger partial charge on any atom is -0.383 e. The van der Waals surface area contributed by atoms with Gasteiger partial charge >= 0.3 is 0 Å². The first-order valence-corrected chi connectivity index (χ1v) is 8.51. The number of hydrogen-bond donors (Lipinski definition) is 1. The normalized spacial score (nSPS) is 15.7. The molecule has 2 aromatic rings. The molecule has 1 aliphatic carbocycles. The van der Waals surface area contributed by atoms with Crippen LogP contribution in [0, 0.1) is 5.92 Å². The molecule has 0 saturated heterocycles. The predicted molar refractivity (Wildman–Crippen MR) is 91.0 cm³/mol. The Morgan fingerprint density at radius 2 is 1.90 bits per heavy atom. The van der Waals surface area contributed by atoms with Crippen molar-refractivity contribution in [2.24, 2.45) is 13.0 Å². The van der Waals surface area contributed by atoms with E-state index in [1.165, 1.54) is 32.1 Å². The quantitative estimate of drug-likeness (QED) is 0.881.